The summed E-state index contributed by atoms with van der Waals surface area (Å²) < 4.78 is 13.0. The van der Waals surface area contributed by atoms with Gasteiger partial charge in [-0.05, 0) is 58.6 Å². The maximum absolute atomic E-state index is 10.4. The molecule has 1 N–H and O–H groups in total. The van der Waals surface area contributed by atoms with Gasteiger partial charge in [-0.2, -0.15) is 0 Å². The summed E-state index contributed by atoms with van der Waals surface area (Å²) in [5, 5.41) is 14.6. The van der Waals surface area contributed by atoms with E-state index in [1.165, 1.54) is 15.6 Å². The Kier molecular flexibility index (Phi) is 4.37. The second-order valence-electron chi connectivity index (χ2n) is 7.08. The number of phenols is 1. The molecule has 2 aromatic heterocycles. The highest BCUT2D eigenvalue weighted by molar-refractivity contribution is 7.17. The smallest absolute Gasteiger partial charge is 0.134 e. The third-order valence-corrected chi connectivity index (χ3v) is 5.71. The number of furan rings is 1. The van der Waals surface area contributed by atoms with Gasteiger partial charge in [-0.1, -0.05) is 20.8 Å². The van der Waals surface area contributed by atoms with Crippen LogP contribution in [0.25, 0.3) is 21.1 Å². The molecule has 1 atom stereocenters. The molecule has 4 heteroatoms. The van der Waals surface area contributed by atoms with Crippen molar-refractivity contribution in [1.82, 2.24) is 0 Å². The average molecular weight is 366 g/mol. The van der Waals surface area contributed by atoms with Gasteiger partial charge in [-0.25, -0.2) is 0 Å². The lowest BCUT2D eigenvalue weighted by Gasteiger charge is -2.18. The van der Waals surface area contributed by atoms with Crippen LogP contribution in [0.1, 0.15) is 43.7 Å². The Bertz CT molecular complexity index is 1060. The van der Waals surface area contributed by atoms with Crippen molar-refractivity contribution >= 4 is 32.4 Å². The molecule has 0 bridgehead atoms. The minimum Gasteiger partial charge on any atom is -0.508 e. The molecule has 0 radical (unpaired) electrons. The second-order valence-corrected chi connectivity index (χ2v) is 8.03. The lowest BCUT2D eigenvalue weighted by atomic mass is 9.99. The molecule has 0 amide bonds. The fourth-order valence-electron chi connectivity index (χ4n) is 3.29. The molecule has 0 aliphatic heterocycles. The molecule has 0 spiro atoms. The van der Waals surface area contributed by atoms with Crippen molar-refractivity contribution in [2.45, 2.75) is 32.6 Å². The van der Waals surface area contributed by atoms with E-state index in [1.54, 1.807) is 23.7 Å². The largest absolute Gasteiger partial charge is 0.508 e. The number of hydrogen-bond acceptors (Lipinski definition) is 4. The summed E-state index contributed by atoms with van der Waals surface area (Å²) in [5.41, 5.74) is 2.85. The predicted molar refractivity (Wildman–Crippen MR) is 108 cm³/mol. The van der Waals surface area contributed by atoms with Crippen molar-refractivity contribution in [3.05, 3.63) is 59.2 Å². The summed E-state index contributed by atoms with van der Waals surface area (Å²) in [7, 11) is 0. The minimum atomic E-state index is 0.0442. The standard InChI is InChI=1S/C22H22O3S/c1-13(2)17-11-22-16(5-7-26-22)9-21(17)25-12-14(3)18-10-20-15(4-6-24-20)8-19(18)23/h4-11,13-14,23H,12H2,1-3H3. The van der Waals surface area contributed by atoms with Crippen molar-refractivity contribution in [3.63, 3.8) is 0 Å². The quantitative estimate of drug-likeness (QED) is 0.429. The second kappa shape index (κ2) is 6.69. The van der Waals surface area contributed by atoms with Gasteiger partial charge in [-0.15, -0.1) is 11.3 Å². The van der Waals surface area contributed by atoms with Crippen molar-refractivity contribution < 1.29 is 14.3 Å². The Morgan fingerprint density at radius 2 is 1.88 bits per heavy atom. The number of aromatic hydroxyl groups is 1. The van der Waals surface area contributed by atoms with Crippen LogP contribution in [0.2, 0.25) is 0 Å². The molecular weight excluding hydrogens is 344 g/mol. The Labute approximate surface area is 156 Å². The average Bonchev–Trinajstić information content (AvgIpc) is 3.25. The molecule has 0 aliphatic carbocycles. The van der Waals surface area contributed by atoms with Gasteiger partial charge in [0, 0.05) is 21.6 Å². The van der Waals surface area contributed by atoms with Crippen molar-refractivity contribution in [3.8, 4) is 11.5 Å². The third-order valence-electron chi connectivity index (χ3n) is 4.83. The maximum Gasteiger partial charge on any atom is 0.134 e. The number of phenolic OH excluding ortho intramolecular Hbond substituents is 1. The molecule has 2 aromatic carbocycles. The van der Waals surface area contributed by atoms with E-state index < -0.39 is 0 Å². The van der Waals surface area contributed by atoms with Gasteiger partial charge >= 0.3 is 0 Å². The first kappa shape index (κ1) is 17.0. The van der Waals surface area contributed by atoms with Gasteiger partial charge in [-0.3, -0.25) is 0 Å². The third kappa shape index (κ3) is 3.06. The van der Waals surface area contributed by atoms with Gasteiger partial charge < -0.3 is 14.3 Å². The fourth-order valence-corrected chi connectivity index (χ4v) is 4.11. The molecule has 3 nitrogen and oxygen atoms in total. The molecule has 0 aliphatic rings. The Hall–Kier alpha value is -2.46. The lowest BCUT2D eigenvalue weighted by molar-refractivity contribution is 0.289. The van der Waals surface area contributed by atoms with E-state index in [9.17, 15) is 5.11 Å². The zero-order valence-electron chi connectivity index (χ0n) is 15.2. The van der Waals surface area contributed by atoms with E-state index in [0.29, 0.717) is 12.5 Å². The van der Waals surface area contributed by atoms with Gasteiger partial charge in [0.2, 0.25) is 0 Å². The van der Waals surface area contributed by atoms with Crippen LogP contribution in [0.3, 0.4) is 0 Å². The summed E-state index contributed by atoms with van der Waals surface area (Å²) in [5.74, 6) is 1.64. The highest BCUT2D eigenvalue weighted by Crippen LogP contribution is 2.36. The van der Waals surface area contributed by atoms with Crippen LogP contribution >= 0.6 is 11.3 Å². The molecule has 4 aromatic rings. The molecule has 134 valence electrons. The minimum absolute atomic E-state index is 0.0442. The summed E-state index contributed by atoms with van der Waals surface area (Å²) >= 11 is 1.75. The molecule has 26 heavy (non-hydrogen) atoms. The molecule has 0 saturated carbocycles. The van der Waals surface area contributed by atoms with Gasteiger partial charge in [0.15, 0.2) is 0 Å². The number of rotatable bonds is 5. The molecule has 0 saturated heterocycles. The molecular formula is C22H22O3S. The Balaban J connectivity index is 1.60. The monoisotopic (exact) mass is 366 g/mol. The van der Waals surface area contributed by atoms with E-state index in [2.05, 4.69) is 44.4 Å². The summed E-state index contributed by atoms with van der Waals surface area (Å²) in [6.45, 7) is 6.92. The number of ether oxygens (including phenoxy) is 1. The first-order valence-electron chi connectivity index (χ1n) is 8.87. The summed E-state index contributed by atoms with van der Waals surface area (Å²) in [6, 6.07) is 12.0. The normalized spacial score (nSPS) is 12.9. The van der Waals surface area contributed by atoms with E-state index in [0.717, 1.165) is 22.3 Å². The maximum atomic E-state index is 10.4. The molecule has 1 unspecified atom stereocenters. The number of hydrogen-bond donors (Lipinski definition) is 1. The van der Waals surface area contributed by atoms with E-state index in [4.69, 9.17) is 9.15 Å². The molecule has 4 rings (SSSR count). The van der Waals surface area contributed by atoms with Crippen LogP contribution in [-0.2, 0) is 0 Å². The topological polar surface area (TPSA) is 42.6 Å². The van der Waals surface area contributed by atoms with Crippen molar-refractivity contribution in [1.29, 1.82) is 0 Å². The van der Waals surface area contributed by atoms with Crippen LogP contribution in [0, 0.1) is 0 Å². The summed E-state index contributed by atoms with van der Waals surface area (Å²) in [4.78, 5) is 0. The molecule has 2 heterocycles. The lowest BCUT2D eigenvalue weighted by Crippen LogP contribution is -2.09. The predicted octanol–water partition coefficient (Wildman–Crippen LogP) is 6.66. The van der Waals surface area contributed by atoms with Crippen LogP contribution in [0.4, 0.5) is 0 Å². The zero-order chi connectivity index (χ0) is 18.3. The SMILES string of the molecule is CC(C)c1cc2sccc2cc1OCC(C)c1cc2occc2cc1O. The van der Waals surface area contributed by atoms with Gasteiger partial charge in [0.25, 0.3) is 0 Å². The number of thiophene rings is 1. The molecule has 0 fully saturated rings. The Morgan fingerprint density at radius 3 is 2.69 bits per heavy atom. The number of fused-ring (bicyclic) bond motifs is 2. The number of benzene rings is 2. The summed E-state index contributed by atoms with van der Waals surface area (Å²) in [6.07, 6.45) is 1.64. The van der Waals surface area contributed by atoms with Crippen molar-refractivity contribution in [2.24, 2.45) is 0 Å². The van der Waals surface area contributed by atoms with Gasteiger partial charge in [0.1, 0.15) is 17.1 Å². The first-order valence-corrected chi connectivity index (χ1v) is 9.75. The highest BCUT2D eigenvalue weighted by atomic mass is 32.1. The van der Waals surface area contributed by atoms with E-state index in [1.807, 2.05) is 12.1 Å². The zero-order valence-corrected chi connectivity index (χ0v) is 16.0. The van der Waals surface area contributed by atoms with Crippen LogP contribution in [0.15, 0.2) is 52.5 Å². The Morgan fingerprint density at radius 1 is 1.04 bits per heavy atom. The van der Waals surface area contributed by atoms with Crippen molar-refractivity contribution in [2.75, 3.05) is 6.61 Å². The van der Waals surface area contributed by atoms with E-state index in [-0.39, 0.29) is 11.7 Å². The van der Waals surface area contributed by atoms with E-state index >= 15 is 0 Å². The van der Waals surface area contributed by atoms with Crippen LogP contribution in [-0.4, -0.2) is 11.7 Å². The first-order chi connectivity index (χ1) is 12.5. The van der Waals surface area contributed by atoms with Gasteiger partial charge in [0.05, 0.1) is 12.9 Å². The van der Waals surface area contributed by atoms with Crippen LogP contribution in [0.5, 0.6) is 11.5 Å². The highest BCUT2D eigenvalue weighted by Gasteiger charge is 2.16. The fraction of sp³-hybridized carbons (Fsp3) is 0.273. The van der Waals surface area contributed by atoms with Crippen LogP contribution < -0.4 is 4.74 Å².